The van der Waals surface area contributed by atoms with Crippen LogP contribution in [0.2, 0.25) is 0 Å². The van der Waals surface area contributed by atoms with Crippen LogP contribution in [0.25, 0.3) is 0 Å². The quantitative estimate of drug-likeness (QED) is 0.627. The predicted molar refractivity (Wildman–Crippen MR) is 40.5 cm³/mol. The molecule has 0 aromatic carbocycles. The van der Waals surface area contributed by atoms with Crippen molar-refractivity contribution >= 4 is 18.4 Å². The second-order valence-electron chi connectivity index (χ2n) is 2.12. The molecule has 0 aliphatic carbocycles. The van der Waals surface area contributed by atoms with E-state index in [1.165, 1.54) is 0 Å². The van der Waals surface area contributed by atoms with Crippen molar-refractivity contribution in [2.75, 3.05) is 13.1 Å². The van der Waals surface area contributed by atoms with Gasteiger partial charge in [0.25, 0.3) is 0 Å². The molecule has 1 aliphatic rings. The lowest BCUT2D eigenvalue weighted by atomic mass is 10.1. The number of carboxylic acids is 1. The van der Waals surface area contributed by atoms with Gasteiger partial charge in [0.1, 0.15) is 5.83 Å². The fourth-order valence-electron chi connectivity index (χ4n) is 0.850. The van der Waals surface area contributed by atoms with Crippen LogP contribution in [0.4, 0.5) is 4.39 Å². The van der Waals surface area contributed by atoms with Crippen molar-refractivity contribution < 1.29 is 14.3 Å². The van der Waals surface area contributed by atoms with Crippen molar-refractivity contribution in [3.8, 4) is 0 Å². The van der Waals surface area contributed by atoms with E-state index in [0.717, 1.165) is 0 Å². The number of nitrogens with one attached hydrogen (secondary N) is 1. The molecule has 0 bridgehead atoms. The molecule has 0 atom stereocenters. The minimum absolute atomic E-state index is 0. The van der Waals surface area contributed by atoms with Gasteiger partial charge in [0.2, 0.25) is 0 Å². The van der Waals surface area contributed by atoms with E-state index in [4.69, 9.17) is 5.11 Å². The summed E-state index contributed by atoms with van der Waals surface area (Å²) < 4.78 is 12.6. The summed E-state index contributed by atoms with van der Waals surface area (Å²) in [5.41, 5.74) is -0.133. The van der Waals surface area contributed by atoms with Gasteiger partial charge in [-0.25, -0.2) is 9.18 Å². The summed E-state index contributed by atoms with van der Waals surface area (Å²) in [6.07, 6.45) is 0.196. The lowest BCUT2D eigenvalue weighted by molar-refractivity contribution is -0.132. The zero-order chi connectivity index (χ0) is 7.56. The number of halogens is 2. The third kappa shape index (κ3) is 2.48. The van der Waals surface area contributed by atoms with Crippen LogP contribution < -0.4 is 5.32 Å². The van der Waals surface area contributed by atoms with Gasteiger partial charge in [-0.1, -0.05) is 0 Å². The normalized spacial score (nSPS) is 17.5. The van der Waals surface area contributed by atoms with Gasteiger partial charge in [0.05, 0.1) is 5.57 Å². The van der Waals surface area contributed by atoms with Crippen LogP contribution in [-0.2, 0) is 4.79 Å². The fourth-order valence-corrected chi connectivity index (χ4v) is 0.850. The van der Waals surface area contributed by atoms with E-state index in [-0.39, 0.29) is 30.9 Å². The van der Waals surface area contributed by atoms with Gasteiger partial charge in [-0.05, 0) is 0 Å². The van der Waals surface area contributed by atoms with Crippen LogP contribution in [0.5, 0.6) is 0 Å². The Morgan fingerprint density at radius 1 is 1.64 bits per heavy atom. The van der Waals surface area contributed by atoms with Gasteiger partial charge in [0, 0.05) is 19.5 Å². The minimum Gasteiger partial charge on any atom is -0.478 e. The molecule has 0 radical (unpaired) electrons. The Morgan fingerprint density at radius 2 is 2.27 bits per heavy atom. The maximum atomic E-state index is 12.6. The smallest absolute Gasteiger partial charge is 0.335 e. The lowest BCUT2D eigenvalue weighted by Crippen LogP contribution is -2.27. The second-order valence-corrected chi connectivity index (χ2v) is 2.12. The highest BCUT2D eigenvalue weighted by Gasteiger charge is 2.17. The Morgan fingerprint density at radius 3 is 2.64 bits per heavy atom. The molecular weight excluding hydrogens is 173 g/mol. The van der Waals surface area contributed by atoms with E-state index in [0.29, 0.717) is 6.54 Å². The zero-order valence-electron chi connectivity index (χ0n) is 5.76. The monoisotopic (exact) mass is 181 g/mol. The molecule has 0 spiro atoms. The number of carboxylic acid groups (broad SMARTS) is 1. The van der Waals surface area contributed by atoms with Crippen LogP contribution in [0.1, 0.15) is 6.42 Å². The van der Waals surface area contributed by atoms with Gasteiger partial charge < -0.3 is 10.4 Å². The molecule has 0 aromatic heterocycles. The van der Waals surface area contributed by atoms with Gasteiger partial charge in [-0.3, -0.25) is 0 Å². The molecular formula is C6H9ClFNO2. The Hall–Kier alpha value is -0.610. The number of rotatable bonds is 1. The van der Waals surface area contributed by atoms with Crippen LogP contribution >= 0.6 is 12.4 Å². The topological polar surface area (TPSA) is 49.3 Å². The van der Waals surface area contributed by atoms with Gasteiger partial charge >= 0.3 is 5.97 Å². The van der Waals surface area contributed by atoms with E-state index >= 15 is 0 Å². The number of hydrogen-bond donors (Lipinski definition) is 2. The van der Waals surface area contributed by atoms with Crippen LogP contribution in [0.15, 0.2) is 11.4 Å². The molecule has 1 heterocycles. The van der Waals surface area contributed by atoms with E-state index in [1.807, 2.05) is 0 Å². The average Bonchev–Trinajstić information content (AvgIpc) is 1.88. The summed E-state index contributed by atoms with van der Waals surface area (Å²) in [4.78, 5) is 10.2. The Balaban J connectivity index is 0.000001000. The summed E-state index contributed by atoms with van der Waals surface area (Å²) in [6, 6.07) is 0. The molecule has 11 heavy (non-hydrogen) atoms. The molecule has 0 unspecified atom stereocenters. The summed E-state index contributed by atoms with van der Waals surface area (Å²) in [7, 11) is 0. The Kier molecular flexibility index (Phi) is 4.07. The van der Waals surface area contributed by atoms with Crippen LogP contribution in [0, 0.1) is 0 Å². The van der Waals surface area contributed by atoms with Crippen molar-refractivity contribution in [1.29, 1.82) is 0 Å². The highest BCUT2D eigenvalue weighted by molar-refractivity contribution is 5.87. The standard InChI is InChI=1S/C6H8FNO2.ClH/c7-5-1-2-8-3-4(5)6(9)10;/h8H,1-3H2,(H,9,10);1H. The van der Waals surface area contributed by atoms with Gasteiger partial charge in [-0.15, -0.1) is 12.4 Å². The first-order valence-electron chi connectivity index (χ1n) is 3.03. The maximum Gasteiger partial charge on any atom is 0.335 e. The van der Waals surface area contributed by atoms with E-state index in [1.54, 1.807) is 0 Å². The highest BCUT2D eigenvalue weighted by Crippen LogP contribution is 2.12. The summed E-state index contributed by atoms with van der Waals surface area (Å²) in [6.45, 7) is 0.670. The van der Waals surface area contributed by atoms with Crippen molar-refractivity contribution in [1.82, 2.24) is 5.32 Å². The summed E-state index contributed by atoms with van der Waals surface area (Å²) >= 11 is 0. The number of hydrogen-bond acceptors (Lipinski definition) is 2. The first-order chi connectivity index (χ1) is 4.72. The number of aliphatic carboxylic acids is 1. The third-order valence-electron chi connectivity index (χ3n) is 1.41. The summed E-state index contributed by atoms with van der Waals surface area (Å²) in [5, 5.41) is 11.1. The van der Waals surface area contributed by atoms with Gasteiger partial charge in [-0.2, -0.15) is 0 Å². The largest absolute Gasteiger partial charge is 0.478 e. The molecule has 0 saturated carbocycles. The van der Waals surface area contributed by atoms with Crippen molar-refractivity contribution in [2.24, 2.45) is 0 Å². The van der Waals surface area contributed by atoms with Gasteiger partial charge in [0.15, 0.2) is 0 Å². The first-order valence-corrected chi connectivity index (χ1v) is 3.03. The highest BCUT2D eigenvalue weighted by atomic mass is 35.5. The lowest BCUT2D eigenvalue weighted by Gasteiger charge is -2.11. The van der Waals surface area contributed by atoms with E-state index in [9.17, 15) is 9.18 Å². The maximum absolute atomic E-state index is 12.6. The predicted octanol–water partition coefficient (Wildman–Crippen LogP) is 0.710. The van der Waals surface area contributed by atoms with E-state index < -0.39 is 11.8 Å². The van der Waals surface area contributed by atoms with E-state index in [2.05, 4.69) is 5.32 Å². The molecule has 0 amide bonds. The fraction of sp³-hybridized carbons (Fsp3) is 0.500. The molecule has 2 N–H and O–H groups in total. The zero-order valence-corrected chi connectivity index (χ0v) is 6.58. The molecule has 3 nitrogen and oxygen atoms in total. The first kappa shape index (κ1) is 10.4. The third-order valence-corrected chi connectivity index (χ3v) is 1.41. The molecule has 64 valence electrons. The molecule has 5 heteroatoms. The summed E-state index contributed by atoms with van der Waals surface area (Å²) in [5.74, 6) is -1.66. The van der Waals surface area contributed by atoms with Crippen molar-refractivity contribution in [3.63, 3.8) is 0 Å². The molecule has 1 rings (SSSR count). The SMILES string of the molecule is Cl.O=C(O)C1=C(F)CCNC1. The van der Waals surface area contributed by atoms with Crippen molar-refractivity contribution in [3.05, 3.63) is 11.4 Å². The van der Waals surface area contributed by atoms with Crippen LogP contribution in [-0.4, -0.2) is 24.2 Å². The minimum atomic E-state index is -1.16. The Labute approximate surface area is 69.7 Å². The molecule has 0 fully saturated rings. The van der Waals surface area contributed by atoms with Crippen LogP contribution in [0.3, 0.4) is 0 Å². The number of carbonyl (C=O) groups is 1. The average molecular weight is 182 g/mol. The molecule has 0 aromatic rings. The van der Waals surface area contributed by atoms with Crippen molar-refractivity contribution in [2.45, 2.75) is 6.42 Å². The second kappa shape index (κ2) is 4.31. The Bertz CT molecular complexity index is 193. The molecule has 0 saturated heterocycles. The molecule has 1 aliphatic heterocycles.